The first kappa shape index (κ1) is 12.8. The van der Waals surface area contributed by atoms with Crippen LogP contribution < -0.4 is 5.73 Å². The number of aromatic nitrogens is 2. The highest BCUT2D eigenvalue weighted by atomic mass is 16.5. The second-order valence-electron chi connectivity index (χ2n) is 4.96. The van der Waals surface area contributed by atoms with E-state index in [1.807, 2.05) is 31.2 Å². The first-order valence-corrected chi connectivity index (χ1v) is 6.81. The zero-order valence-electron chi connectivity index (χ0n) is 11.4. The minimum atomic E-state index is 0.191. The molecule has 0 aliphatic heterocycles. The number of fused-ring (bicyclic) bond motifs is 1. The summed E-state index contributed by atoms with van der Waals surface area (Å²) in [6, 6.07) is 14.3. The average molecular weight is 267 g/mol. The van der Waals surface area contributed by atoms with E-state index in [9.17, 15) is 0 Å². The van der Waals surface area contributed by atoms with Crippen molar-refractivity contribution in [1.82, 2.24) is 10.1 Å². The molecule has 0 fully saturated rings. The molecule has 0 bridgehead atoms. The Morgan fingerprint density at radius 1 is 1.15 bits per heavy atom. The molecule has 4 nitrogen and oxygen atoms in total. The maximum Gasteiger partial charge on any atom is 0.229 e. The Hall–Kier alpha value is -2.20. The quantitative estimate of drug-likeness (QED) is 0.787. The van der Waals surface area contributed by atoms with Crippen molar-refractivity contribution in [2.45, 2.75) is 19.3 Å². The molecule has 0 spiro atoms. The van der Waals surface area contributed by atoms with E-state index in [0.29, 0.717) is 18.3 Å². The number of nitrogens with two attached hydrogens (primary N) is 1. The zero-order valence-corrected chi connectivity index (χ0v) is 11.4. The molecule has 0 radical (unpaired) electrons. The Kier molecular flexibility index (Phi) is 3.48. The van der Waals surface area contributed by atoms with Crippen molar-refractivity contribution in [3.8, 4) is 11.4 Å². The van der Waals surface area contributed by atoms with Gasteiger partial charge in [-0.2, -0.15) is 4.98 Å². The predicted molar refractivity (Wildman–Crippen MR) is 79.3 cm³/mol. The second kappa shape index (κ2) is 5.43. The number of hydrogen-bond acceptors (Lipinski definition) is 4. The third-order valence-corrected chi connectivity index (χ3v) is 3.49. The fourth-order valence-corrected chi connectivity index (χ4v) is 2.34. The van der Waals surface area contributed by atoms with Crippen molar-refractivity contribution in [2.24, 2.45) is 5.73 Å². The Balaban J connectivity index is 2.03. The van der Waals surface area contributed by atoms with Gasteiger partial charge < -0.3 is 10.3 Å². The van der Waals surface area contributed by atoms with E-state index in [1.165, 1.54) is 5.39 Å². The molecule has 20 heavy (non-hydrogen) atoms. The molecule has 1 heterocycles. The molecule has 1 atom stereocenters. The van der Waals surface area contributed by atoms with Crippen LogP contribution in [0.3, 0.4) is 0 Å². The molecular weight excluding hydrogens is 250 g/mol. The Labute approximate surface area is 117 Å². The second-order valence-corrected chi connectivity index (χ2v) is 4.96. The summed E-state index contributed by atoms with van der Waals surface area (Å²) in [5.74, 6) is 1.48. The van der Waals surface area contributed by atoms with Gasteiger partial charge in [-0.15, -0.1) is 0 Å². The van der Waals surface area contributed by atoms with Gasteiger partial charge in [0.2, 0.25) is 11.7 Å². The molecule has 1 unspecified atom stereocenters. The number of rotatable bonds is 4. The largest absolute Gasteiger partial charge is 0.339 e. The lowest BCUT2D eigenvalue weighted by atomic mass is 10.0. The standard InChI is InChI=1S/C16H17N3O/c1-11(9-10-17)16-18-15(19-20-16)14-8-4-6-12-5-2-3-7-13(12)14/h2-8,11H,9-10,17H2,1H3. The van der Waals surface area contributed by atoms with E-state index in [2.05, 4.69) is 28.3 Å². The van der Waals surface area contributed by atoms with Gasteiger partial charge in [0.25, 0.3) is 0 Å². The topological polar surface area (TPSA) is 64.9 Å². The monoisotopic (exact) mass is 267 g/mol. The SMILES string of the molecule is CC(CCN)c1nc(-c2cccc3ccccc23)no1. The zero-order chi connectivity index (χ0) is 13.9. The molecule has 4 heteroatoms. The summed E-state index contributed by atoms with van der Waals surface area (Å²) < 4.78 is 5.37. The highest BCUT2D eigenvalue weighted by Gasteiger charge is 2.15. The smallest absolute Gasteiger partial charge is 0.229 e. The van der Waals surface area contributed by atoms with Gasteiger partial charge in [0.1, 0.15) is 0 Å². The molecule has 3 rings (SSSR count). The summed E-state index contributed by atoms with van der Waals surface area (Å²) in [6.45, 7) is 2.67. The summed E-state index contributed by atoms with van der Waals surface area (Å²) >= 11 is 0. The van der Waals surface area contributed by atoms with E-state index in [4.69, 9.17) is 10.3 Å². The van der Waals surface area contributed by atoms with Crippen LogP contribution in [0, 0.1) is 0 Å². The molecule has 2 aromatic carbocycles. The third-order valence-electron chi connectivity index (χ3n) is 3.49. The van der Waals surface area contributed by atoms with Crippen LogP contribution in [0.4, 0.5) is 0 Å². The third kappa shape index (κ3) is 2.30. The summed E-state index contributed by atoms with van der Waals surface area (Å²) in [5.41, 5.74) is 6.57. The van der Waals surface area contributed by atoms with Crippen molar-refractivity contribution >= 4 is 10.8 Å². The van der Waals surface area contributed by atoms with Crippen LogP contribution in [0.5, 0.6) is 0 Å². The van der Waals surface area contributed by atoms with E-state index < -0.39 is 0 Å². The molecule has 0 aliphatic carbocycles. The van der Waals surface area contributed by atoms with Gasteiger partial charge in [-0.1, -0.05) is 54.5 Å². The molecular formula is C16H17N3O. The minimum Gasteiger partial charge on any atom is -0.339 e. The number of nitrogens with zero attached hydrogens (tertiary/aromatic N) is 2. The van der Waals surface area contributed by atoms with Crippen molar-refractivity contribution in [1.29, 1.82) is 0 Å². The first-order chi connectivity index (χ1) is 9.79. The minimum absolute atomic E-state index is 0.191. The summed E-state index contributed by atoms with van der Waals surface area (Å²) in [4.78, 5) is 4.52. The van der Waals surface area contributed by atoms with Crippen LogP contribution in [0.25, 0.3) is 22.2 Å². The van der Waals surface area contributed by atoms with Crippen molar-refractivity contribution in [3.05, 3.63) is 48.4 Å². The average Bonchev–Trinajstić information content (AvgIpc) is 2.97. The Bertz CT molecular complexity index is 715. The summed E-state index contributed by atoms with van der Waals surface area (Å²) in [5, 5.41) is 6.42. The lowest BCUT2D eigenvalue weighted by Crippen LogP contribution is -2.04. The van der Waals surface area contributed by atoms with Crippen molar-refractivity contribution in [2.75, 3.05) is 6.54 Å². The Morgan fingerprint density at radius 3 is 2.80 bits per heavy atom. The summed E-state index contributed by atoms with van der Waals surface area (Å²) in [6.07, 6.45) is 0.844. The van der Waals surface area contributed by atoms with Gasteiger partial charge in [-0.05, 0) is 23.7 Å². The molecule has 3 aromatic rings. The fraction of sp³-hybridized carbons (Fsp3) is 0.250. The molecule has 102 valence electrons. The van der Waals surface area contributed by atoms with Gasteiger partial charge in [0.15, 0.2) is 0 Å². The molecule has 0 saturated heterocycles. The van der Waals surface area contributed by atoms with Gasteiger partial charge in [0, 0.05) is 11.5 Å². The van der Waals surface area contributed by atoms with Crippen LogP contribution >= 0.6 is 0 Å². The number of hydrogen-bond donors (Lipinski definition) is 1. The van der Waals surface area contributed by atoms with Crippen molar-refractivity contribution < 1.29 is 4.52 Å². The first-order valence-electron chi connectivity index (χ1n) is 6.81. The Morgan fingerprint density at radius 2 is 1.95 bits per heavy atom. The lowest BCUT2D eigenvalue weighted by molar-refractivity contribution is 0.355. The molecule has 0 saturated carbocycles. The van der Waals surface area contributed by atoms with Gasteiger partial charge >= 0.3 is 0 Å². The van der Waals surface area contributed by atoms with E-state index in [0.717, 1.165) is 17.4 Å². The maximum atomic E-state index is 5.57. The van der Waals surface area contributed by atoms with E-state index in [-0.39, 0.29) is 5.92 Å². The van der Waals surface area contributed by atoms with Gasteiger partial charge in [-0.3, -0.25) is 0 Å². The van der Waals surface area contributed by atoms with Crippen LogP contribution in [-0.2, 0) is 0 Å². The highest BCUT2D eigenvalue weighted by molar-refractivity contribution is 5.94. The van der Waals surface area contributed by atoms with Crippen molar-refractivity contribution in [3.63, 3.8) is 0 Å². The van der Waals surface area contributed by atoms with E-state index in [1.54, 1.807) is 0 Å². The fourth-order valence-electron chi connectivity index (χ4n) is 2.34. The number of benzene rings is 2. The highest BCUT2D eigenvalue weighted by Crippen LogP contribution is 2.27. The van der Waals surface area contributed by atoms with Gasteiger partial charge in [-0.25, -0.2) is 0 Å². The molecule has 0 aliphatic rings. The molecule has 0 amide bonds. The maximum absolute atomic E-state index is 5.57. The van der Waals surface area contributed by atoms with Crippen LogP contribution in [0.15, 0.2) is 47.0 Å². The molecule has 1 aromatic heterocycles. The predicted octanol–water partition coefficient (Wildman–Crippen LogP) is 3.34. The molecule has 2 N–H and O–H groups in total. The normalized spacial score (nSPS) is 12.7. The van der Waals surface area contributed by atoms with E-state index >= 15 is 0 Å². The summed E-state index contributed by atoms with van der Waals surface area (Å²) in [7, 11) is 0. The van der Waals surface area contributed by atoms with Gasteiger partial charge in [0.05, 0.1) is 0 Å². The van der Waals surface area contributed by atoms with Crippen LogP contribution in [0.1, 0.15) is 25.2 Å². The lowest BCUT2D eigenvalue weighted by Gasteiger charge is -2.03. The van der Waals surface area contributed by atoms with Crippen LogP contribution in [-0.4, -0.2) is 16.7 Å². The van der Waals surface area contributed by atoms with Crippen LogP contribution in [0.2, 0.25) is 0 Å².